The van der Waals surface area contributed by atoms with Gasteiger partial charge in [-0.1, -0.05) is 6.07 Å². The third-order valence-electron chi connectivity index (χ3n) is 5.14. The minimum Gasteiger partial charge on any atom is -0.437 e. The van der Waals surface area contributed by atoms with E-state index in [9.17, 15) is 0 Å². The van der Waals surface area contributed by atoms with E-state index >= 15 is 0 Å². The molecule has 3 aromatic heterocycles. The largest absolute Gasteiger partial charge is 0.437 e. The molecule has 25 heavy (non-hydrogen) atoms. The molecule has 0 N–H and O–H groups in total. The number of fused-ring (bicyclic) bond motifs is 3. The van der Waals surface area contributed by atoms with Crippen molar-refractivity contribution in [3.8, 4) is 11.3 Å². The number of benzene rings is 1. The van der Waals surface area contributed by atoms with Gasteiger partial charge in [0, 0.05) is 28.1 Å². The predicted molar refractivity (Wildman–Crippen MR) is 102 cm³/mol. The summed E-state index contributed by atoms with van der Waals surface area (Å²) in [7, 11) is 2.10. The Morgan fingerprint density at radius 3 is 2.40 bits per heavy atom. The van der Waals surface area contributed by atoms with Crippen molar-refractivity contribution in [2.24, 2.45) is 7.05 Å². The molecule has 0 amide bonds. The van der Waals surface area contributed by atoms with Gasteiger partial charge in [0.1, 0.15) is 7.05 Å². The van der Waals surface area contributed by atoms with Crippen molar-refractivity contribution < 1.29 is 8.98 Å². The molecule has 0 fully saturated rings. The predicted octanol–water partition coefficient (Wildman–Crippen LogP) is 5.01. The van der Waals surface area contributed by atoms with E-state index < -0.39 is 0 Å². The molecule has 0 saturated carbocycles. The summed E-state index contributed by atoms with van der Waals surface area (Å²) in [6.45, 7) is 10.6. The number of hydrogen-bond acceptors (Lipinski definition) is 2. The van der Waals surface area contributed by atoms with Crippen molar-refractivity contribution in [2.75, 3.05) is 0 Å². The first-order valence-electron chi connectivity index (χ1n) is 8.64. The first-order valence-corrected chi connectivity index (χ1v) is 8.64. The first-order chi connectivity index (χ1) is 11.9. The molecule has 0 aliphatic rings. The highest BCUT2D eigenvalue weighted by molar-refractivity contribution is 6.10. The summed E-state index contributed by atoms with van der Waals surface area (Å²) in [4.78, 5) is 4.60. The van der Waals surface area contributed by atoms with E-state index in [-0.39, 0.29) is 0 Å². The summed E-state index contributed by atoms with van der Waals surface area (Å²) < 4.78 is 8.47. The maximum Gasteiger partial charge on any atom is 0.227 e. The highest BCUT2D eigenvalue weighted by atomic mass is 16.3. The molecule has 3 heteroatoms. The molecule has 0 bridgehead atoms. The van der Waals surface area contributed by atoms with Gasteiger partial charge in [-0.15, -0.1) is 0 Å². The SMILES string of the molecule is Cc1ccc2c(n1)oc1c(-c3cc(C)c(C)c[n+]3C)c(C)cc(C)c12. The van der Waals surface area contributed by atoms with Crippen LogP contribution in [0.2, 0.25) is 0 Å². The lowest BCUT2D eigenvalue weighted by Crippen LogP contribution is -2.31. The Labute approximate surface area is 147 Å². The van der Waals surface area contributed by atoms with Gasteiger partial charge in [-0.3, -0.25) is 0 Å². The van der Waals surface area contributed by atoms with Gasteiger partial charge in [0.2, 0.25) is 11.4 Å². The highest BCUT2D eigenvalue weighted by Gasteiger charge is 2.23. The zero-order valence-corrected chi connectivity index (χ0v) is 15.7. The second kappa shape index (κ2) is 5.41. The first kappa shape index (κ1) is 15.8. The molecule has 4 aromatic rings. The van der Waals surface area contributed by atoms with Gasteiger partial charge in [0.05, 0.1) is 5.56 Å². The molecule has 3 heterocycles. The quantitative estimate of drug-likeness (QED) is 0.459. The van der Waals surface area contributed by atoms with Crippen molar-refractivity contribution in [2.45, 2.75) is 34.6 Å². The van der Waals surface area contributed by atoms with Crippen LogP contribution in [0.1, 0.15) is 27.9 Å². The van der Waals surface area contributed by atoms with E-state index in [0.717, 1.165) is 27.9 Å². The second-order valence-corrected chi connectivity index (χ2v) is 7.13. The zero-order valence-electron chi connectivity index (χ0n) is 15.7. The number of pyridine rings is 2. The van der Waals surface area contributed by atoms with E-state index in [1.807, 2.05) is 13.0 Å². The zero-order chi connectivity index (χ0) is 17.9. The number of furan rings is 1. The maximum atomic E-state index is 6.28. The van der Waals surface area contributed by atoms with E-state index in [0.29, 0.717) is 0 Å². The molecule has 126 valence electrons. The fraction of sp³-hybridized carbons (Fsp3) is 0.273. The molecule has 0 aliphatic carbocycles. The number of aromatic nitrogens is 2. The van der Waals surface area contributed by atoms with Crippen LogP contribution in [0.4, 0.5) is 0 Å². The van der Waals surface area contributed by atoms with Gasteiger partial charge >= 0.3 is 0 Å². The molecule has 1 aromatic carbocycles. The summed E-state index contributed by atoms with van der Waals surface area (Å²) in [5, 5.41) is 2.26. The van der Waals surface area contributed by atoms with Crippen molar-refractivity contribution in [1.82, 2.24) is 4.98 Å². The standard InChI is InChI=1S/C22H23N2O/c1-12-10-18(24(6)11-15(12)4)20-14(3)9-13(2)19-17-8-7-16(5)23-22(17)25-21(19)20/h7-11H,1-6H3/q+1. The minimum absolute atomic E-state index is 0.719. The lowest BCUT2D eigenvalue weighted by molar-refractivity contribution is -0.660. The Balaban J connectivity index is 2.18. The number of hydrogen-bond donors (Lipinski definition) is 0. The van der Waals surface area contributed by atoms with Crippen LogP contribution in [0, 0.1) is 34.6 Å². The van der Waals surface area contributed by atoms with Crippen LogP contribution < -0.4 is 4.57 Å². The van der Waals surface area contributed by atoms with Crippen molar-refractivity contribution in [3.05, 3.63) is 58.4 Å². The fourth-order valence-electron chi connectivity index (χ4n) is 3.74. The molecule has 0 atom stereocenters. The van der Waals surface area contributed by atoms with Gasteiger partial charge in [0.25, 0.3) is 0 Å². The van der Waals surface area contributed by atoms with Crippen LogP contribution in [0.5, 0.6) is 0 Å². The topological polar surface area (TPSA) is 29.9 Å². The summed E-state index contributed by atoms with van der Waals surface area (Å²) in [5.41, 5.74) is 9.97. The summed E-state index contributed by atoms with van der Waals surface area (Å²) in [6, 6.07) is 8.67. The average molecular weight is 331 g/mol. The van der Waals surface area contributed by atoms with Crippen LogP contribution in [0.15, 0.2) is 34.9 Å². The third-order valence-corrected chi connectivity index (χ3v) is 5.14. The molecule has 0 radical (unpaired) electrons. The Hall–Kier alpha value is -2.68. The van der Waals surface area contributed by atoms with Gasteiger partial charge < -0.3 is 4.42 Å². The van der Waals surface area contributed by atoms with Crippen LogP contribution in [-0.2, 0) is 7.05 Å². The molecule has 0 aliphatic heterocycles. The van der Waals surface area contributed by atoms with Crippen molar-refractivity contribution in [3.63, 3.8) is 0 Å². The minimum atomic E-state index is 0.719. The Morgan fingerprint density at radius 2 is 1.64 bits per heavy atom. The third kappa shape index (κ3) is 2.34. The summed E-state index contributed by atoms with van der Waals surface area (Å²) >= 11 is 0. The van der Waals surface area contributed by atoms with E-state index in [2.05, 4.69) is 68.7 Å². The molecule has 4 rings (SSSR count). The smallest absolute Gasteiger partial charge is 0.227 e. The molecule has 0 saturated heterocycles. The Bertz CT molecular complexity index is 1150. The average Bonchev–Trinajstić information content (AvgIpc) is 2.90. The van der Waals surface area contributed by atoms with Gasteiger partial charge in [-0.2, -0.15) is 0 Å². The Morgan fingerprint density at radius 1 is 0.880 bits per heavy atom. The van der Waals surface area contributed by atoms with E-state index in [1.165, 1.54) is 33.3 Å². The molecule has 3 nitrogen and oxygen atoms in total. The number of nitrogens with zero attached hydrogens (tertiary/aromatic N) is 2. The van der Waals surface area contributed by atoms with Crippen LogP contribution in [0.3, 0.4) is 0 Å². The molecule has 0 spiro atoms. The van der Waals surface area contributed by atoms with E-state index in [4.69, 9.17) is 4.42 Å². The lowest BCUT2D eigenvalue weighted by atomic mass is 9.96. The lowest BCUT2D eigenvalue weighted by Gasteiger charge is -2.09. The second-order valence-electron chi connectivity index (χ2n) is 7.13. The van der Waals surface area contributed by atoms with Crippen molar-refractivity contribution in [1.29, 1.82) is 0 Å². The highest BCUT2D eigenvalue weighted by Crippen LogP contribution is 2.38. The fourth-order valence-corrected chi connectivity index (χ4v) is 3.74. The summed E-state index contributed by atoms with van der Waals surface area (Å²) in [6.07, 6.45) is 2.18. The van der Waals surface area contributed by atoms with Crippen molar-refractivity contribution >= 4 is 22.1 Å². The van der Waals surface area contributed by atoms with Gasteiger partial charge in [0.15, 0.2) is 11.8 Å². The van der Waals surface area contributed by atoms with Crippen LogP contribution in [0.25, 0.3) is 33.3 Å². The van der Waals surface area contributed by atoms with Gasteiger partial charge in [-0.25, -0.2) is 9.55 Å². The van der Waals surface area contributed by atoms with Crippen LogP contribution in [-0.4, -0.2) is 4.98 Å². The molecular weight excluding hydrogens is 308 g/mol. The Kier molecular flexibility index (Phi) is 3.43. The number of aryl methyl sites for hydroxylation is 6. The molecular formula is C22H23N2O+. The number of rotatable bonds is 1. The maximum absolute atomic E-state index is 6.28. The monoisotopic (exact) mass is 331 g/mol. The molecule has 0 unspecified atom stereocenters. The van der Waals surface area contributed by atoms with E-state index in [1.54, 1.807) is 0 Å². The summed E-state index contributed by atoms with van der Waals surface area (Å²) in [5.74, 6) is 0. The van der Waals surface area contributed by atoms with Crippen LogP contribution >= 0.6 is 0 Å². The normalized spacial score (nSPS) is 11.6. The van der Waals surface area contributed by atoms with Gasteiger partial charge in [-0.05, 0) is 63.4 Å².